The number of thiazole rings is 1. The van der Waals surface area contributed by atoms with Gasteiger partial charge in [0.05, 0.1) is 18.8 Å². The largest absolute Gasteiger partial charge is 0.357 e. The molecule has 0 bridgehead atoms. The maximum Gasteiger partial charge on any atom is 0.191 e. The summed E-state index contributed by atoms with van der Waals surface area (Å²) in [5.74, 6) is 1.61. The highest BCUT2D eigenvalue weighted by Gasteiger charge is 2.05. The summed E-state index contributed by atoms with van der Waals surface area (Å²) in [6.07, 6.45) is 7.14. The molecule has 0 amide bonds. The molecule has 0 aliphatic heterocycles. The van der Waals surface area contributed by atoms with Crippen molar-refractivity contribution in [2.24, 2.45) is 4.99 Å². The zero-order chi connectivity index (χ0) is 18.4. The van der Waals surface area contributed by atoms with Gasteiger partial charge >= 0.3 is 0 Å². The van der Waals surface area contributed by atoms with Crippen LogP contribution in [0, 0.1) is 13.8 Å². The van der Waals surface area contributed by atoms with Crippen LogP contribution in [0.4, 0.5) is 0 Å². The van der Waals surface area contributed by atoms with E-state index < -0.39 is 0 Å². The number of aryl methyl sites for hydroxylation is 2. The molecule has 0 radical (unpaired) electrons. The summed E-state index contributed by atoms with van der Waals surface area (Å²) < 4.78 is 1.88. The predicted octanol–water partition coefficient (Wildman–Crippen LogP) is 2.60. The van der Waals surface area contributed by atoms with E-state index in [0.717, 1.165) is 34.6 Å². The van der Waals surface area contributed by atoms with E-state index >= 15 is 0 Å². The Balaban J connectivity index is 1.66. The van der Waals surface area contributed by atoms with Crippen molar-refractivity contribution < 1.29 is 0 Å². The summed E-state index contributed by atoms with van der Waals surface area (Å²) in [5, 5.41) is 7.68. The number of aromatic nitrogens is 4. The molecule has 2 N–H and O–H groups in total. The van der Waals surface area contributed by atoms with Crippen molar-refractivity contribution in [1.82, 2.24) is 30.2 Å². The van der Waals surface area contributed by atoms with Crippen LogP contribution in [0.15, 0.2) is 42.0 Å². The van der Waals surface area contributed by atoms with Crippen LogP contribution < -0.4 is 10.6 Å². The van der Waals surface area contributed by atoms with Crippen LogP contribution in [-0.2, 0) is 13.1 Å². The van der Waals surface area contributed by atoms with Crippen LogP contribution in [0.1, 0.15) is 28.1 Å². The van der Waals surface area contributed by atoms with Crippen LogP contribution in [0.5, 0.6) is 0 Å². The second-order valence-electron chi connectivity index (χ2n) is 5.79. The molecule has 3 rings (SSSR count). The molecule has 0 aliphatic rings. The smallest absolute Gasteiger partial charge is 0.191 e. The molecule has 0 fully saturated rings. The molecule has 0 aromatic carbocycles. The van der Waals surface area contributed by atoms with Gasteiger partial charge in [-0.15, -0.1) is 11.3 Å². The second kappa shape index (κ2) is 8.57. The summed E-state index contributed by atoms with van der Waals surface area (Å²) in [6.45, 7) is 8.22. The number of guanidine groups is 1. The van der Waals surface area contributed by atoms with E-state index in [4.69, 9.17) is 0 Å². The topological polar surface area (TPSA) is 80.0 Å². The molecule has 8 heteroatoms. The zero-order valence-corrected chi connectivity index (χ0v) is 16.0. The average Bonchev–Trinajstić information content (AvgIpc) is 3.28. The SMILES string of the molecule is CCNC(=NCc1ccnc(-n2ccnc2)c1)NCc1nc(C)c(C)s1. The predicted molar refractivity (Wildman–Crippen MR) is 105 cm³/mol. The van der Waals surface area contributed by atoms with Gasteiger partial charge in [0.15, 0.2) is 5.96 Å². The molecule has 26 heavy (non-hydrogen) atoms. The Labute approximate surface area is 157 Å². The highest BCUT2D eigenvalue weighted by Crippen LogP contribution is 2.16. The van der Waals surface area contributed by atoms with Gasteiger partial charge in [-0.3, -0.25) is 4.57 Å². The highest BCUT2D eigenvalue weighted by molar-refractivity contribution is 7.11. The number of nitrogens with one attached hydrogen (secondary N) is 2. The van der Waals surface area contributed by atoms with Crippen LogP contribution >= 0.6 is 11.3 Å². The molecular weight excluding hydrogens is 346 g/mol. The van der Waals surface area contributed by atoms with Crippen LogP contribution in [0.2, 0.25) is 0 Å². The van der Waals surface area contributed by atoms with E-state index in [0.29, 0.717) is 13.1 Å². The molecule has 0 aliphatic carbocycles. The highest BCUT2D eigenvalue weighted by atomic mass is 32.1. The molecule has 7 nitrogen and oxygen atoms in total. The minimum atomic E-state index is 0.565. The number of hydrogen-bond acceptors (Lipinski definition) is 5. The molecule has 3 aromatic rings. The van der Waals surface area contributed by atoms with Gasteiger partial charge in [-0.05, 0) is 38.5 Å². The molecule has 0 unspecified atom stereocenters. The molecular formula is C18H23N7S. The number of rotatable bonds is 6. The van der Waals surface area contributed by atoms with Crippen molar-refractivity contribution in [3.8, 4) is 5.82 Å². The van der Waals surface area contributed by atoms with E-state index in [-0.39, 0.29) is 0 Å². The second-order valence-corrected chi connectivity index (χ2v) is 7.08. The van der Waals surface area contributed by atoms with Crippen LogP contribution in [0.3, 0.4) is 0 Å². The number of nitrogens with zero attached hydrogens (tertiary/aromatic N) is 5. The van der Waals surface area contributed by atoms with E-state index in [9.17, 15) is 0 Å². The fraction of sp³-hybridized carbons (Fsp3) is 0.333. The van der Waals surface area contributed by atoms with Gasteiger partial charge in [0.25, 0.3) is 0 Å². The monoisotopic (exact) mass is 369 g/mol. The third kappa shape index (κ3) is 4.66. The average molecular weight is 369 g/mol. The molecule has 3 heterocycles. The van der Waals surface area contributed by atoms with Gasteiger partial charge in [-0.25, -0.2) is 19.9 Å². The van der Waals surface area contributed by atoms with Crippen molar-refractivity contribution in [3.05, 3.63) is 58.2 Å². The molecule has 0 atom stereocenters. The number of aliphatic imine (C=N–C) groups is 1. The first-order valence-corrected chi connectivity index (χ1v) is 9.35. The number of imidazole rings is 1. The van der Waals surface area contributed by atoms with E-state index in [1.807, 2.05) is 29.8 Å². The third-order valence-corrected chi connectivity index (χ3v) is 4.90. The summed E-state index contributed by atoms with van der Waals surface area (Å²) >= 11 is 1.72. The Morgan fingerprint density at radius 1 is 1.27 bits per heavy atom. The molecule has 136 valence electrons. The van der Waals surface area contributed by atoms with Gasteiger partial charge in [0.1, 0.15) is 17.2 Å². The lowest BCUT2D eigenvalue weighted by Gasteiger charge is -2.10. The Morgan fingerprint density at radius 3 is 2.85 bits per heavy atom. The maximum atomic E-state index is 4.67. The number of pyridine rings is 1. The Morgan fingerprint density at radius 2 is 2.15 bits per heavy atom. The van der Waals surface area contributed by atoms with Crippen molar-refractivity contribution in [2.75, 3.05) is 6.54 Å². The first kappa shape index (κ1) is 18.1. The molecule has 0 saturated carbocycles. The normalized spacial score (nSPS) is 11.6. The summed E-state index contributed by atoms with van der Waals surface area (Å²) in [5.41, 5.74) is 2.18. The Hall–Kier alpha value is -2.74. The van der Waals surface area contributed by atoms with E-state index in [1.165, 1.54) is 4.88 Å². The van der Waals surface area contributed by atoms with Gasteiger partial charge in [-0.1, -0.05) is 0 Å². The minimum Gasteiger partial charge on any atom is -0.357 e. The summed E-state index contributed by atoms with van der Waals surface area (Å²) in [6, 6.07) is 3.99. The van der Waals surface area contributed by atoms with E-state index in [1.54, 1.807) is 30.1 Å². The Bertz CT molecular complexity index is 848. The third-order valence-electron chi connectivity index (χ3n) is 3.82. The van der Waals surface area contributed by atoms with Gasteiger partial charge in [0.2, 0.25) is 0 Å². The number of hydrogen-bond donors (Lipinski definition) is 2. The molecule has 0 saturated heterocycles. The van der Waals surface area contributed by atoms with Crippen molar-refractivity contribution >= 4 is 17.3 Å². The molecule has 0 spiro atoms. The van der Waals surface area contributed by atoms with E-state index in [2.05, 4.69) is 44.4 Å². The van der Waals surface area contributed by atoms with Gasteiger partial charge in [0, 0.05) is 30.0 Å². The lowest BCUT2D eigenvalue weighted by Crippen LogP contribution is -2.36. The molecule has 3 aromatic heterocycles. The fourth-order valence-corrected chi connectivity index (χ4v) is 3.25. The first-order chi connectivity index (χ1) is 12.7. The van der Waals surface area contributed by atoms with Crippen molar-refractivity contribution in [2.45, 2.75) is 33.9 Å². The lowest BCUT2D eigenvalue weighted by atomic mass is 10.2. The summed E-state index contributed by atoms with van der Waals surface area (Å²) in [7, 11) is 0. The van der Waals surface area contributed by atoms with Gasteiger partial charge in [-0.2, -0.15) is 0 Å². The standard InChI is InChI=1S/C18H23N7S/c1-4-20-18(23-11-17-24-13(2)14(3)26-17)22-10-15-5-6-21-16(9-15)25-8-7-19-12-25/h5-9,12H,4,10-11H2,1-3H3,(H2,20,22,23). The quantitative estimate of drug-likeness (QED) is 0.516. The van der Waals surface area contributed by atoms with Crippen molar-refractivity contribution in [3.63, 3.8) is 0 Å². The first-order valence-electron chi connectivity index (χ1n) is 8.54. The van der Waals surface area contributed by atoms with Crippen LogP contribution in [-0.4, -0.2) is 32.0 Å². The van der Waals surface area contributed by atoms with Crippen molar-refractivity contribution in [1.29, 1.82) is 0 Å². The summed E-state index contributed by atoms with van der Waals surface area (Å²) in [4.78, 5) is 18.9. The minimum absolute atomic E-state index is 0.565. The van der Waals surface area contributed by atoms with Crippen LogP contribution in [0.25, 0.3) is 5.82 Å². The van der Waals surface area contributed by atoms with Gasteiger partial charge < -0.3 is 10.6 Å². The Kier molecular flexibility index (Phi) is 5.96. The fourth-order valence-electron chi connectivity index (χ4n) is 2.38. The lowest BCUT2D eigenvalue weighted by molar-refractivity contribution is 0.809. The zero-order valence-electron chi connectivity index (χ0n) is 15.2. The maximum absolute atomic E-state index is 4.67.